The number of aromatic nitrogens is 5. The van der Waals surface area contributed by atoms with E-state index in [1.165, 1.54) is 0 Å². The van der Waals surface area contributed by atoms with E-state index in [2.05, 4.69) is 25.3 Å². The third kappa shape index (κ3) is 3.21. The predicted molar refractivity (Wildman–Crippen MR) is 71.0 cm³/mol. The largest absolute Gasteiger partial charge is 0.376 e. The molecule has 1 atom stereocenters. The zero-order valence-electron chi connectivity index (χ0n) is 10.6. The number of ether oxygens (including phenoxy) is 2. The molecular weight excluding hydrogens is 284 g/mol. The first kappa shape index (κ1) is 13.2. The van der Waals surface area contributed by atoms with Gasteiger partial charge in [0.05, 0.1) is 25.9 Å². The quantitative estimate of drug-likeness (QED) is 0.881. The molecule has 106 valence electrons. The van der Waals surface area contributed by atoms with Crippen LogP contribution < -0.4 is 5.32 Å². The topological polar surface area (TPSA) is 87.0 Å². The number of hydrogen-bond donors (Lipinski definition) is 1. The zero-order valence-corrected chi connectivity index (χ0v) is 11.3. The fourth-order valence-corrected chi connectivity index (χ4v) is 1.93. The summed E-state index contributed by atoms with van der Waals surface area (Å²) >= 11 is 5.90. The predicted octanol–water partition coefficient (Wildman–Crippen LogP) is 0.538. The number of nitrogens with zero attached hydrogens (tertiary/aromatic N) is 5. The Morgan fingerprint density at radius 1 is 1.35 bits per heavy atom. The fraction of sp³-hybridized carbons (Fsp3) is 0.455. The molecular formula is C11H13ClN6O2. The maximum Gasteiger partial charge on any atom is 0.241 e. The van der Waals surface area contributed by atoms with Crippen molar-refractivity contribution in [3.05, 3.63) is 24.0 Å². The molecule has 0 aliphatic carbocycles. The summed E-state index contributed by atoms with van der Waals surface area (Å²) < 4.78 is 12.5. The molecule has 1 fully saturated rings. The maximum atomic E-state index is 5.90. The molecule has 8 nitrogen and oxygen atoms in total. The molecule has 0 saturated carbocycles. The van der Waals surface area contributed by atoms with E-state index in [9.17, 15) is 0 Å². The van der Waals surface area contributed by atoms with Crippen LogP contribution in [0, 0.1) is 0 Å². The zero-order chi connectivity index (χ0) is 13.8. The Morgan fingerprint density at radius 2 is 2.30 bits per heavy atom. The highest BCUT2D eigenvalue weighted by Gasteiger charge is 2.15. The lowest BCUT2D eigenvalue weighted by Crippen LogP contribution is -2.34. The number of nitrogens with one attached hydrogen (secondary N) is 1. The van der Waals surface area contributed by atoms with Crippen molar-refractivity contribution in [1.82, 2.24) is 24.5 Å². The number of imidazole rings is 1. The minimum atomic E-state index is -0.0176. The first-order valence-electron chi connectivity index (χ1n) is 6.14. The molecule has 1 aliphatic heterocycles. The average molecular weight is 297 g/mol. The minimum Gasteiger partial charge on any atom is -0.376 e. The van der Waals surface area contributed by atoms with E-state index >= 15 is 0 Å². The van der Waals surface area contributed by atoms with Gasteiger partial charge in [-0.2, -0.15) is 15.0 Å². The van der Waals surface area contributed by atoms with Crippen LogP contribution in [0.4, 0.5) is 5.95 Å². The minimum absolute atomic E-state index is 0.0176. The summed E-state index contributed by atoms with van der Waals surface area (Å²) in [5, 5.41) is 3.19. The third-order valence-electron chi connectivity index (χ3n) is 2.70. The lowest BCUT2D eigenvalue weighted by Gasteiger charge is -2.23. The van der Waals surface area contributed by atoms with Crippen molar-refractivity contribution < 1.29 is 9.47 Å². The van der Waals surface area contributed by atoms with Crippen LogP contribution >= 0.6 is 11.6 Å². The molecule has 2 aromatic rings. The summed E-state index contributed by atoms with van der Waals surface area (Å²) in [6.07, 6.45) is 4.94. The molecule has 9 heteroatoms. The maximum absolute atomic E-state index is 5.90. The summed E-state index contributed by atoms with van der Waals surface area (Å²) in [4.78, 5) is 16.3. The van der Waals surface area contributed by atoms with Gasteiger partial charge in [-0.05, 0) is 11.6 Å². The summed E-state index contributed by atoms with van der Waals surface area (Å²) in [6, 6.07) is 0. The van der Waals surface area contributed by atoms with Crippen LogP contribution in [0.3, 0.4) is 0 Å². The Hall–Kier alpha value is -1.77. The summed E-state index contributed by atoms with van der Waals surface area (Å²) in [5.41, 5.74) is 0. The highest BCUT2D eigenvalue weighted by molar-refractivity contribution is 6.28. The van der Waals surface area contributed by atoms with Gasteiger partial charge in [-0.25, -0.2) is 4.98 Å². The van der Waals surface area contributed by atoms with Crippen molar-refractivity contribution in [2.75, 3.05) is 31.7 Å². The van der Waals surface area contributed by atoms with Crippen molar-refractivity contribution in [1.29, 1.82) is 0 Å². The first-order chi connectivity index (χ1) is 9.81. The SMILES string of the molecule is Clc1nc(NCC2COCCO2)nc(-n2ccnc2)n1. The lowest BCUT2D eigenvalue weighted by atomic mass is 10.3. The summed E-state index contributed by atoms with van der Waals surface area (Å²) in [7, 11) is 0. The van der Waals surface area contributed by atoms with Gasteiger partial charge >= 0.3 is 0 Å². The van der Waals surface area contributed by atoms with Crippen molar-refractivity contribution >= 4 is 17.5 Å². The monoisotopic (exact) mass is 296 g/mol. The van der Waals surface area contributed by atoms with E-state index in [4.69, 9.17) is 21.1 Å². The Bertz CT molecular complexity index is 558. The Balaban J connectivity index is 1.69. The van der Waals surface area contributed by atoms with Crippen molar-refractivity contribution in [2.45, 2.75) is 6.10 Å². The van der Waals surface area contributed by atoms with Gasteiger partial charge in [-0.1, -0.05) is 0 Å². The molecule has 0 amide bonds. The van der Waals surface area contributed by atoms with E-state index in [1.807, 2.05) is 0 Å². The number of anilines is 1. The van der Waals surface area contributed by atoms with Crippen molar-refractivity contribution in [2.24, 2.45) is 0 Å². The van der Waals surface area contributed by atoms with Crippen LogP contribution in [0.15, 0.2) is 18.7 Å². The molecule has 20 heavy (non-hydrogen) atoms. The molecule has 0 aromatic carbocycles. The van der Waals surface area contributed by atoms with Crippen molar-refractivity contribution in [3.63, 3.8) is 0 Å². The molecule has 1 aliphatic rings. The van der Waals surface area contributed by atoms with Crippen LogP contribution in [0.25, 0.3) is 5.95 Å². The van der Waals surface area contributed by atoms with Gasteiger partial charge in [-0.15, -0.1) is 0 Å². The number of rotatable bonds is 4. The summed E-state index contributed by atoms with van der Waals surface area (Å²) in [6.45, 7) is 2.34. The smallest absolute Gasteiger partial charge is 0.241 e. The molecule has 0 bridgehead atoms. The molecule has 1 saturated heterocycles. The number of halogens is 1. The van der Waals surface area contributed by atoms with E-state index in [0.29, 0.717) is 38.3 Å². The molecule has 0 spiro atoms. The van der Waals surface area contributed by atoms with Crippen LogP contribution in [-0.4, -0.2) is 57.0 Å². The van der Waals surface area contributed by atoms with Gasteiger partial charge in [0, 0.05) is 18.9 Å². The second-order valence-electron chi connectivity index (χ2n) is 4.15. The highest BCUT2D eigenvalue weighted by Crippen LogP contribution is 2.10. The van der Waals surface area contributed by atoms with Crippen LogP contribution in [0.2, 0.25) is 5.28 Å². The number of hydrogen-bond acceptors (Lipinski definition) is 7. The van der Waals surface area contributed by atoms with Gasteiger partial charge in [0.25, 0.3) is 0 Å². The summed E-state index contributed by atoms with van der Waals surface area (Å²) in [5.74, 6) is 0.800. The molecule has 1 N–H and O–H groups in total. The average Bonchev–Trinajstić information content (AvgIpc) is 3.00. The van der Waals surface area contributed by atoms with Crippen LogP contribution in [0.1, 0.15) is 0 Å². The second kappa shape index (κ2) is 6.12. The van der Waals surface area contributed by atoms with E-state index in [0.717, 1.165) is 0 Å². The van der Waals surface area contributed by atoms with E-state index in [1.54, 1.807) is 23.3 Å². The second-order valence-corrected chi connectivity index (χ2v) is 4.48. The van der Waals surface area contributed by atoms with Gasteiger partial charge in [0.2, 0.25) is 17.2 Å². The molecule has 3 rings (SSSR count). The standard InChI is InChI=1S/C11H13ClN6O2/c12-9-15-10(14-5-8-6-19-3-4-20-8)17-11(16-9)18-2-1-13-7-18/h1-2,7-8H,3-6H2,(H,14,15,16,17). The Morgan fingerprint density at radius 3 is 3.05 bits per heavy atom. The first-order valence-corrected chi connectivity index (χ1v) is 6.52. The van der Waals surface area contributed by atoms with E-state index in [-0.39, 0.29) is 11.4 Å². The van der Waals surface area contributed by atoms with Crippen LogP contribution in [0.5, 0.6) is 0 Å². The van der Waals surface area contributed by atoms with Gasteiger partial charge in [0.15, 0.2) is 0 Å². The van der Waals surface area contributed by atoms with Gasteiger partial charge < -0.3 is 14.8 Å². The molecule has 1 unspecified atom stereocenters. The normalized spacial score (nSPS) is 18.9. The van der Waals surface area contributed by atoms with Crippen molar-refractivity contribution in [3.8, 4) is 5.95 Å². The van der Waals surface area contributed by atoms with Gasteiger partial charge in [-0.3, -0.25) is 4.57 Å². The third-order valence-corrected chi connectivity index (χ3v) is 2.87. The fourth-order valence-electron chi connectivity index (χ4n) is 1.77. The Kier molecular flexibility index (Phi) is 4.05. The lowest BCUT2D eigenvalue weighted by molar-refractivity contribution is -0.0819. The van der Waals surface area contributed by atoms with E-state index < -0.39 is 0 Å². The Labute approximate surface area is 120 Å². The molecule has 3 heterocycles. The van der Waals surface area contributed by atoms with Crippen LogP contribution in [-0.2, 0) is 9.47 Å². The highest BCUT2D eigenvalue weighted by atomic mass is 35.5. The molecule has 2 aromatic heterocycles. The van der Waals surface area contributed by atoms with Gasteiger partial charge in [0.1, 0.15) is 6.33 Å². The molecule has 0 radical (unpaired) electrons.